The minimum atomic E-state index is -4.08. The van der Waals surface area contributed by atoms with Crippen LogP contribution in [0.3, 0.4) is 0 Å². The number of carboxylic acid groups (broad SMARTS) is 1. The zero-order chi connectivity index (χ0) is 26.7. The summed E-state index contributed by atoms with van der Waals surface area (Å²) in [6.07, 6.45) is 1.04. The molecule has 12 heteroatoms. The Hall–Kier alpha value is -3.95. The number of benzene rings is 3. The first kappa shape index (κ1) is 26.1. The zero-order valence-corrected chi connectivity index (χ0v) is 21.1. The van der Waals surface area contributed by atoms with Gasteiger partial charge < -0.3 is 15.5 Å². The SMILES string of the molecule is N#Cc1ccc(-n2c(Br)cnc2SC(F)(F)C(=O)NC(Cc2ccc(O)cc2)C(=O)O)c2ccccc12. The minimum Gasteiger partial charge on any atom is -0.508 e. The number of carbonyl (C=O) groups excluding carboxylic acids is 1. The van der Waals surface area contributed by atoms with Gasteiger partial charge in [0.2, 0.25) is 0 Å². The average molecular weight is 587 g/mol. The number of nitrogens with one attached hydrogen (secondary N) is 1. The van der Waals surface area contributed by atoms with Crippen molar-refractivity contribution in [1.82, 2.24) is 14.9 Å². The van der Waals surface area contributed by atoms with E-state index in [0.717, 1.165) is 0 Å². The summed E-state index contributed by atoms with van der Waals surface area (Å²) >= 11 is 3.16. The van der Waals surface area contributed by atoms with E-state index in [4.69, 9.17) is 0 Å². The fourth-order valence-corrected chi connectivity index (χ4v) is 5.01. The highest BCUT2D eigenvalue weighted by Gasteiger charge is 2.43. The fraction of sp³-hybridized carbons (Fsp3) is 0.120. The van der Waals surface area contributed by atoms with Gasteiger partial charge in [0.05, 0.1) is 23.5 Å². The average Bonchev–Trinajstić information content (AvgIpc) is 3.22. The molecular weight excluding hydrogens is 570 g/mol. The van der Waals surface area contributed by atoms with Crippen molar-refractivity contribution in [3.8, 4) is 17.5 Å². The lowest BCUT2D eigenvalue weighted by molar-refractivity contribution is -0.145. The normalized spacial score (nSPS) is 12.2. The Kier molecular flexibility index (Phi) is 7.47. The predicted molar refractivity (Wildman–Crippen MR) is 136 cm³/mol. The number of amides is 1. The van der Waals surface area contributed by atoms with Gasteiger partial charge in [-0.15, -0.1) is 0 Å². The third-order valence-electron chi connectivity index (χ3n) is 5.41. The van der Waals surface area contributed by atoms with Gasteiger partial charge in [-0.1, -0.05) is 36.4 Å². The fourth-order valence-electron chi connectivity index (χ4n) is 3.65. The van der Waals surface area contributed by atoms with Crippen LogP contribution >= 0.6 is 27.7 Å². The number of nitrogens with zero attached hydrogens (tertiary/aromatic N) is 3. The summed E-state index contributed by atoms with van der Waals surface area (Å²) in [6.45, 7) is 0. The Morgan fingerprint density at radius 1 is 1.14 bits per heavy atom. The molecule has 188 valence electrons. The number of aliphatic carboxylic acids is 1. The largest absolute Gasteiger partial charge is 0.508 e. The summed E-state index contributed by atoms with van der Waals surface area (Å²) in [4.78, 5) is 28.2. The van der Waals surface area contributed by atoms with Crippen LogP contribution in [0.5, 0.6) is 5.75 Å². The molecule has 4 aromatic rings. The molecule has 1 amide bonds. The number of carbonyl (C=O) groups is 2. The number of halogens is 3. The van der Waals surface area contributed by atoms with Gasteiger partial charge in [0, 0.05) is 17.2 Å². The van der Waals surface area contributed by atoms with Crippen molar-refractivity contribution in [3.05, 3.63) is 82.6 Å². The second kappa shape index (κ2) is 10.6. The van der Waals surface area contributed by atoms with E-state index in [-0.39, 0.29) is 29.1 Å². The summed E-state index contributed by atoms with van der Waals surface area (Å²) in [7, 11) is 0. The first-order chi connectivity index (χ1) is 17.6. The number of aromatic hydroxyl groups is 1. The molecule has 1 atom stereocenters. The third-order valence-corrected chi connectivity index (χ3v) is 6.88. The molecule has 3 N–H and O–H groups in total. The Bertz CT molecular complexity index is 1540. The van der Waals surface area contributed by atoms with E-state index >= 15 is 8.78 Å². The van der Waals surface area contributed by atoms with Crippen LogP contribution in [0, 0.1) is 11.3 Å². The summed E-state index contributed by atoms with van der Waals surface area (Å²) in [6, 6.07) is 16.1. The van der Waals surface area contributed by atoms with E-state index in [0.29, 0.717) is 32.2 Å². The van der Waals surface area contributed by atoms with E-state index < -0.39 is 23.2 Å². The number of hydrogen-bond acceptors (Lipinski definition) is 6. The number of nitriles is 1. The van der Waals surface area contributed by atoms with Crippen LogP contribution in [0.15, 0.2) is 76.6 Å². The molecule has 0 bridgehead atoms. The summed E-state index contributed by atoms with van der Waals surface area (Å²) in [5.74, 6) is -3.33. The number of thioether (sulfide) groups is 1. The van der Waals surface area contributed by atoms with E-state index in [9.17, 15) is 25.1 Å². The highest BCUT2D eigenvalue weighted by molar-refractivity contribution is 9.10. The van der Waals surface area contributed by atoms with Crippen molar-refractivity contribution in [1.29, 1.82) is 5.26 Å². The lowest BCUT2D eigenvalue weighted by Gasteiger charge is -2.20. The first-order valence-electron chi connectivity index (χ1n) is 10.6. The van der Waals surface area contributed by atoms with Crippen LogP contribution < -0.4 is 5.32 Å². The molecule has 3 aromatic carbocycles. The maximum atomic E-state index is 15.1. The zero-order valence-electron chi connectivity index (χ0n) is 18.7. The molecule has 8 nitrogen and oxygen atoms in total. The molecule has 1 aromatic heterocycles. The monoisotopic (exact) mass is 586 g/mol. The van der Waals surface area contributed by atoms with Crippen molar-refractivity contribution >= 4 is 50.3 Å². The van der Waals surface area contributed by atoms with Crippen molar-refractivity contribution in [2.24, 2.45) is 0 Å². The van der Waals surface area contributed by atoms with E-state index in [2.05, 4.69) is 27.0 Å². The molecule has 4 rings (SSSR count). The first-order valence-corrected chi connectivity index (χ1v) is 12.3. The lowest BCUT2D eigenvalue weighted by atomic mass is 10.0. The molecule has 0 aliphatic carbocycles. The number of rotatable bonds is 8. The van der Waals surface area contributed by atoms with Crippen molar-refractivity contribution < 1.29 is 28.6 Å². The van der Waals surface area contributed by atoms with E-state index in [1.54, 1.807) is 36.4 Å². The lowest BCUT2D eigenvalue weighted by Crippen LogP contribution is -2.48. The summed E-state index contributed by atoms with van der Waals surface area (Å²) in [5.41, 5.74) is 1.28. The van der Waals surface area contributed by atoms with Crippen LogP contribution in [0.2, 0.25) is 0 Å². The molecule has 0 fully saturated rings. The Labute approximate surface area is 221 Å². The predicted octanol–water partition coefficient (Wildman–Crippen LogP) is 4.86. The van der Waals surface area contributed by atoms with Gasteiger partial charge in [0.25, 0.3) is 0 Å². The molecule has 1 heterocycles. The molecule has 0 spiro atoms. The van der Waals surface area contributed by atoms with E-state index in [1.807, 2.05) is 5.32 Å². The summed E-state index contributed by atoms with van der Waals surface area (Å²) in [5, 5.41) is 27.1. The number of carboxylic acids is 1. The van der Waals surface area contributed by atoms with Gasteiger partial charge in [-0.25, -0.2) is 9.78 Å². The van der Waals surface area contributed by atoms with Crippen LogP contribution in [0.25, 0.3) is 16.5 Å². The number of imidazole rings is 1. The van der Waals surface area contributed by atoms with Crippen LogP contribution in [0.4, 0.5) is 8.78 Å². The number of alkyl halides is 2. The maximum absolute atomic E-state index is 15.1. The molecule has 0 radical (unpaired) electrons. The number of hydrogen-bond donors (Lipinski definition) is 3. The van der Waals surface area contributed by atoms with Crippen LogP contribution in [-0.4, -0.2) is 42.9 Å². The highest BCUT2D eigenvalue weighted by Crippen LogP contribution is 2.39. The molecule has 0 saturated carbocycles. The van der Waals surface area contributed by atoms with Gasteiger partial charge >= 0.3 is 17.1 Å². The number of phenolic OH excluding ortho intramolecular Hbond substituents is 1. The molecule has 37 heavy (non-hydrogen) atoms. The molecule has 0 aliphatic heterocycles. The Balaban J connectivity index is 1.61. The van der Waals surface area contributed by atoms with Crippen molar-refractivity contribution in [2.45, 2.75) is 22.9 Å². The number of phenols is 1. The Morgan fingerprint density at radius 3 is 2.46 bits per heavy atom. The highest BCUT2D eigenvalue weighted by atomic mass is 79.9. The van der Waals surface area contributed by atoms with Crippen molar-refractivity contribution in [3.63, 3.8) is 0 Å². The number of fused-ring (bicyclic) bond motifs is 1. The number of aromatic nitrogens is 2. The minimum absolute atomic E-state index is 0.0423. The van der Waals surface area contributed by atoms with Gasteiger partial charge in [-0.05, 0) is 57.5 Å². The standard InChI is InChI=1S/C25H17BrF2N4O4S/c26-21-13-30-24(32(21)20-10-7-15(12-29)17-3-1-2-4-18(17)20)37-25(27,28)23(36)31-19(22(34)35)11-14-5-8-16(33)9-6-14/h1-10,13,19,33H,11H2,(H,31,36)(H,34,35). The maximum Gasteiger partial charge on any atom is 0.377 e. The van der Waals surface area contributed by atoms with Gasteiger partial charge in [0.1, 0.15) is 16.4 Å². The van der Waals surface area contributed by atoms with Gasteiger partial charge in [0.15, 0.2) is 5.16 Å². The Morgan fingerprint density at radius 2 is 1.81 bits per heavy atom. The quantitative estimate of drug-likeness (QED) is 0.251. The second-order valence-electron chi connectivity index (χ2n) is 7.84. The van der Waals surface area contributed by atoms with Gasteiger partial charge in [-0.3, -0.25) is 9.36 Å². The van der Waals surface area contributed by atoms with E-state index in [1.165, 1.54) is 35.0 Å². The van der Waals surface area contributed by atoms with Crippen molar-refractivity contribution in [2.75, 3.05) is 0 Å². The second-order valence-corrected chi connectivity index (χ2v) is 9.74. The smallest absolute Gasteiger partial charge is 0.377 e. The summed E-state index contributed by atoms with van der Waals surface area (Å²) < 4.78 is 31.8. The third kappa shape index (κ3) is 5.58. The molecular formula is C25H17BrF2N4O4S. The molecule has 1 unspecified atom stereocenters. The van der Waals surface area contributed by atoms with Crippen LogP contribution in [0.1, 0.15) is 11.1 Å². The topological polar surface area (TPSA) is 128 Å². The molecule has 0 saturated heterocycles. The molecule has 0 aliphatic rings. The van der Waals surface area contributed by atoms with Gasteiger partial charge in [-0.2, -0.15) is 14.0 Å². The van der Waals surface area contributed by atoms with Crippen LogP contribution in [-0.2, 0) is 16.0 Å².